The predicted octanol–water partition coefficient (Wildman–Crippen LogP) is 5.60. The van der Waals surface area contributed by atoms with Crippen LogP contribution in [0, 0.1) is 12.8 Å². The van der Waals surface area contributed by atoms with Gasteiger partial charge in [-0.2, -0.15) is 0 Å². The SMILES string of the molecule is COc1ccc(C)cc1Sn1ccc2c(CN(C)CC(C)C)cccc21. The standard InChI is InChI=1S/C22H28N2OS/c1-16(2)14-23(4)15-18-7-6-8-20-19(18)11-12-24(20)26-22-13-17(3)9-10-21(22)25-5/h6-13,16H,14-15H2,1-5H3. The largest absolute Gasteiger partial charge is 0.496 e. The molecular weight excluding hydrogens is 340 g/mol. The first-order valence-electron chi connectivity index (χ1n) is 9.08. The lowest BCUT2D eigenvalue weighted by Gasteiger charge is -2.19. The van der Waals surface area contributed by atoms with Crippen molar-refractivity contribution in [2.45, 2.75) is 32.2 Å². The molecule has 1 heterocycles. The van der Waals surface area contributed by atoms with E-state index in [0.29, 0.717) is 5.92 Å². The fourth-order valence-corrected chi connectivity index (χ4v) is 4.44. The highest BCUT2D eigenvalue weighted by Crippen LogP contribution is 2.34. The van der Waals surface area contributed by atoms with Gasteiger partial charge in [0.1, 0.15) is 5.75 Å². The molecule has 0 amide bonds. The van der Waals surface area contributed by atoms with Crippen LogP contribution < -0.4 is 4.74 Å². The van der Waals surface area contributed by atoms with Crippen molar-refractivity contribution >= 4 is 22.9 Å². The summed E-state index contributed by atoms with van der Waals surface area (Å²) in [6.45, 7) is 8.71. The van der Waals surface area contributed by atoms with Crippen LogP contribution in [-0.4, -0.2) is 29.6 Å². The maximum Gasteiger partial charge on any atom is 0.134 e. The Bertz CT molecular complexity index is 885. The van der Waals surface area contributed by atoms with Crippen LogP contribution in [0.15, 0.2) is 53.6 Å². The van der Waals surface area contributed by atoms with E-state index in [9.17, 15) is 0 Å². The zero-order valence-corrected chi connectivity index (χ0v) is 17.1. The average molecular weight is 369 g/mol. The lowest BCUT2D eigenvalue weighted by molar-refractivity contribution is 0.289. The summed E-state index contributed by atoms with van der Waals surface area (Å²) < 4.78 is 7.77. The summed E-state index contributed by atoms with van der Waals surface area (Å²) in [6.07, 6.45) is 2.16. The van der Waals surface area contributed by atoms with Gasteiger partial charge in [-0.15, -0.1) is 0 Å². The smallest absolute Gasteiger partial charge is 0.134 e. The van der Waals surface area contributed by atoms with Crippen LogP contribution >= 0.6 is 11.9 Å². The second-order valence-corrected chi connectivity index (χ2v) is 8.34. The molecule has 0 unspecified atom stereocenters. The summed E-state index contributed by atoms with van der Waals surface area (Å²) in [7, 11) is 3.92. The number of fused-ring (bicyclic) bond motifs is 1. The van der Waals surface area contributed by atoms with Crippen LogP contribution in [0.3, 0.4) is 0 Å². The van der Waals surface area contributed by atoms with Crippen molar-refractivity contribution in [3.8, 4) is 5.75 Å². The zero-order chi connectivity index (χ0) is 18.7. The second-order valence-electron chi connectivity index (χ2n) is 7.33. The third-order valence-corrected chi connectivity index (χ3v) is 5.45. The molecule has 0 atom stereocenters. The van der Waals surface area contributed by atoms with Crippen molar-refractivity contribution in [1.29, 1.82) is 0 Å². The molecule has 138 valence electrons. The van der Waals surface area contributed by atoms with Crippen molar-refractivity contribution in [2.24, 2.45) is 5.92 Å². The van der Waals surface area contributed by atoms with E-state index in [1.165, 1.54) is 22.0 Å². The average Bonchev–Trinajstić information content (AvgIpc) is 2.98. The highest BCUT2D eigenvalue weighted by Gasteiger charge is 2.11. The second kappa shape index (κ2) is 8.19. The maximum absolute atomic E-state index is 5.53. The van der Waals surface area contributed by atoms with Gasteiger partial charge in [-0.25, -0.2) is 0 Å². The van der Waals surface area contributed by atoms with Crippen molar-refractivity contribution in [2.75, 3.05) is 20.7 Å². The van der Waals surface area contributed by atoms with Gasteiger partial charge >= 0.3 is 0 Å². The number of aryl methyl sites for hydroxylation is 1. The summed E-state index contributed by atoms with van der Waals surface area (Å²) in [5.74, 6) is 1.59. The molecule has 3 rings (SSSR count). The maximum atomic E-state index is 5.53. The van der Waals surface area contributed by atoms with Crippen LogP contribution in [0.5, 0.6) is 5.75 Å². The van der Waals surface area contributed by atoms with Gasteiger partial charge in [0.25, 0.3) is 0 Å². The molecule has 0 radical (unpaired) electrons. The molecule has 4 heteroatoms. The molecule has 0 saturated heterocycles. The van der Waals surface area contributed by atoms with Gasteiger partial charge in [-0.05, 0) is 67.2 Å². The molecule has 0 bridgehead atoms. The molecular formula is C22H28N2OS. The van der Waals surface area contributed by atoms with E-state index < -0.39 is 0 Å². The number of nitrogens with zero attached hydrogens (tertiary/aromatic N) is 2. The van der Waals surface area contributed by atoms with Gasteiger partial charge in [0.2, 0.25) is 0 Å². The highest BCUT2D eigenvalue weighted by atomic mass is 32.2. The number of benzene rings is 2. The molecule has 0 fully saturated rings. The normalized spacial score (nSPS) is 11.7. The van der Waals surface area contributed by atoms with Crippen molar-refractivity contribution < 1.29 is 4.74 Å². The monoisotopic (exact) mass is 368 g/mol. The quantitative estimate of drug-likeness (QED) is 0.540. The number of hydrogen-bond acceptors (Lipinski definition) is 3. The minimum Gasteiger partial charge on any atom is -0.496 e. The van der Waals surface area contributed by atoms with Crippen LogP contribution in [0.25, 0.3) is 10.9 Å². The van der Waals surface area contributed by atoms with E-state index in [1.54, 1.807) is 19.1 Å². The van der Waals surface area contributed by atoms with E-state index in [1.807, 2.05) is 6.07 Å². The van der Waals surface area contributed by atoms with Gasteiger partial charge in [0.05, 0.1) is 17.5 Å². The van der Waals surface area contributed by atoms with Crippen molar-refractivity contribution in [1.82, 2.24) is 8.87 Å². The van der Waals surface area contributed by atoms with Crippen LogP contribution in [0.4, 0.5) is 0 Å². The number of ether oxygens (including phenoxy) is 1. The van der Waals surface area contributed by atoms with Gasteiger partial charge in [-0.3, -0.25) is 3.97 Å². The molecule has 0 saturated carbocycles. The summed E-state index contributed by atoms with van der Waals surface area (Å²) in [5, 5.41) is 1.32. The van der Waals surface area contributed by atoms with Crippen LogP contribution in [0.2, 0.25) is 0 Å². The molecule has 0 aliphatic carbocycles. The van der Waals surface area contributed by atoms with Gasteiger partial charge in [-0.1, -0.05) is 32.0 Å². The Kier molecular flexibility index (Phi) is 5.94. The molecule has 1 aromatic heterocycles. The molecule has 26 heavy (non-hydrogen) atoms. The molecule has 0 aliphatic heterocycles. The van der Waals surface area contributed by atoms with Gasteiger partial charge in [0, 0.05) is 24.7 Å². The van der Waals surface area contributed by atoms with E-state index >= 15 is 0 Å². The molecule has 0 spiro atoms. The first kappa shape index (κ1) is 18.9. The number of rotatable bonds is 7. The van der Waals surface area contributed by atoms with E-state index in [0.717, 1.165) is 23.7 Å². The lowest BCUT2D eigenvalue weighted by atomic mass is 10.1. The van der Waals surface area contributed by atoms with Gasteiger partial charge < -0.3 is 9.64 Å². The fraction of sp³-hybridized carbons (Fsp3) is 0.364. The molecule has 2 aromatic carbocycles. The lowest BCUT2D eigenvalue weighted by Crippen LogP contribution is -2.22. The number of aromatic nitrogens is 1. The Morgan fingerprint density at radius 3 is 2.69 bits per heavy atom. The zero-order valence-electron chi connectivity index (χ0n) is 16.3. The Morgan fingerprint density at radius 1 is 1.15 bits per heavy atom. The first-order chi connectivity index (χ1) is 12.5. The van der Waals surface area contributed by atoms with Crippen LogP contribution in [-0.2, 0) is 6.54 Å². The fourth-order valence-electron chi connectivity index (χ4n) is 3.36. The highest BCUT2D eigenvalue weighted by molar-refractivity contribution is 7.98. The van der Waals surface area contributed by atoms with E-state index in [4.69, 9.17) is 4.74 Å². The Hall–Kier alpha value is -1.91. The summed E-state index contributed by atoms with van der Waals surface area (Å²) in [6, 6.07) is 15.1. The minimum absolute atomic E-state index is 0.674. The van der Waals surface area contributed by atoms with E-state index in [-0.39, 0.29) is 0 Å². The Balaban J connectivity index is 1.90. The topological polar surface area (TPSA) is 17.4 Å². The van der Waals surface area contributed by atoms with Gasteiger partial charge in [0.15, 0.2) is 0 Å². The molecule has 3 nitrogen and oxygen atoms in total. The summed E-state index contributed by atoms with van der Waals surface area (Å²) in [4.78, 5) is 3.53. The van der Waals surface area contributed by atoms with Crippen molar-refractivity contribution in [3.05, 3.63) is 59.8 Å². The minimum atomic E-state index is 0.674. The summed E-state index contributed by atoms with van der Waals surface area (Å²) >= 11 is 1.71. The molecule has 0 N–H and O–H groups in total. The number of hydrogen-bond donors (Lipinski definition) is 0. The van der Waals surface area contributed by atoms with Crippen LogP contribution in [0.1, 0.15) is 25.0 Å². The van der Waals surface area contributed by atoms with Crippen molar-refractivity contribution in [3.63, 3.8) is 0 Å². The molecule has 0 aliphatic rings. The Labute approximate surface area is 161 Å². The Morgan fingerprint density at radius 2 is 1.96 bits per heavy atom. The third-order valence-electron chi connectivity index (χ3n) is 4.42. The van der Waals surface area contributed by atoms with E-state index in [2.05, 4.69) is 79.3 Å². The number of methoxy groups -OCH3 is 1. The predicted molar refractivity (Wildman–Crippen MR) is 112 cm³/mol. The third kappa shape index (κ3) is 4.25. The molecule has 3 aromatic rings. The summed E-state index contributed by atoms with van der Waals surface area (Å²) in [5.41, 5.74) is 3.86. The first-order valence-corrected chi connectivity index (χ1v) is 9.85.